The molecule has 1 atom stereocenters. The lowest BCUT2D eigenvalue weighted by Gasteiger charge is -2.36. The maximum atomic E-state index is 13.0. The molecular formula is C23H23FN4O2. The average Bonchev–Trinajstić information content (AvgIpc) is 2.81. The van der Waals surface area contributed by atoms with Gasteiger partial charge in [-0.05, 0) is 31.2 Å². The summed E-state index contributed by atoms with van der Waals surface area (Å²) in [4.78, 5) is 25.5. The molecule has 1 unspecified atom stereocenters. The molecule has 2 heterocycles. The van der Waals surface area contributed by atoms with Crippen LogP contribution in [-0.2, 0) is 4.79 Å². The largest absolute Gasteiger partial charge is 0.481 e. The van der Waals surface area contributed by atoms with Crippen LogP contribution in [0.5, 0.6) is 5.75 Å². The molecule has 3 aromatic rings. The maximum absolute atomic E-state index is 13.0. The first-order chi connectivity index (χ1) is 14.6. The summed E-state index contributed by atoms with van der Waals surface area (Å²) in [5, 5.41) is 0. The van der Waals surface area contributed by atoms with Gasteiger partial charge in [-0.2, -0.15) is 0 Å². The highest BCUT2D eigenvalue weighted by molar-refractivity contribution is 5.81. The molecule has 1 aromatic heterocycles. The topological polar surface area (TPSA) is 58.6 Å². The lowest BCUT2D eigenvalue weighted by molar-refractivity contribution is -0.138. The first kappa shape index (κ1) is 19.8. The van der Waals surface area contributed by atoms with E-state index in [1.807, 2.05) is 36.4 Å². The number of benzene rings is 2. The first-order valence-electron chi connectivity index (χ1n) is 9.93. The summed E-state index contributed by atoms with van der Waals surface area (Å²) in [5.74, 6) is 0.918. The molecule has 1 amide bonds. The monoisotopic (exact) mass is 406 g/mol. The van der Waals surface area contributed by atoms with Gasteiger partial charge in [-0.15, -0.1) is 0 Å². The zero-order valence-corrected chi connectivity index (χ0v) is 16.7. The van der Waals surface area contributed by atoms with Crippen LogP contribution in [0.3, 0.4) is 0 Å². The number of anilines is 1. The lowest BCUT2D eigenvalue weighted by atomic mass is 10.1. The molecule has 0 aliphatic carbocycles. The number of carbonyl (C=O) groups is 1. The second-order valence-corrected chi connectivity index (χ2v) is 7.15. The Morgan fingerprint density at radius 1 is 1.00 bits per heavy atom. The third-order valence-corrected chi connectivity index (χ3v) is 5.11. The van der Waals surface area contributed by atoms with E-state index in [9.17, 15) is 9.18 Å². The van der Waals surface area contributed by atoms with Gasteiger partial charge in [-0.3, -0.25) is 4.79 Å². The Kier molecular flexibility index (Phi) is 5.88. The van der Waals surface area contributed by atoms with Crippen LogP contribution in [0.25, 0.3) is 11.3 Å². The quantitative estimate of drug-likeness (QED) is 0.650. The van der Waals surface area contributed by atoms with E-state index in [0.717, 1.165) is 17.1 Å². The molecule has 0 spiro atoms. The fourth-order valence-electron chi connectivity index (χ4n) is 3.47. The van der Waals surface area contributed by atoms with Crippen LogP contribution in [0.1, 0.15) is 6.92 Å². The minimum atomic E-state index is -0.634. The number of hydrogen-bond acceptors (Lipinski definition) is 5. The van der Waals surface area contributed by atoms with E-state index in [-0.39, 0.29) is 11.7 Å². The normalized spacial score (nSPS) is 15.0. The summed E-state index contributed by atoms with van der Waals surface area (Å²) in [7, 11) is 0. The van der Waals surface area contributed by atoms with E-state index in [1.54, 1.807) is 18.2 Å². The van der Waals surface area contributed by atoms with Crippen molar-refractivity contribution in [2.45, 2.75) is 13.0 Å². The van der Waals surface area contributed by atoms with Gasteiger partial charge in [0.1, 0.15) is 23.7 Å². The zero-order chi connectivity index (χ0) is 20.9. The number of amides is 1. The number of halogens is 1. The highest BCUT2D eigenvalue weighted by Gasteiger charge is 2.26. The van der Waals surface area contributed by atoms with Crippen LogP contribution in [0, 0.1) is 5.82 Å². The van der Waals surface area contributed by atoms with Crippen molar-refractivity contribution in [3.8, 4) is 17.0 Å². The van der Waals surface area contributed by atoms with Crippen LogP contribution in [0.4, 0.5) is 10.2 Å². The van der Waals surface area contributed by atoms with Gasteiger partial charge in [0.15, 0.2) is 6.10 Å². The third kappa shape index (κ3) is 4.56. The van der Waals surface area contributed by atoms with Gasteiger partial charge in [0.05, 0.1) is 5.69 Å². The standard InChI is InChI=1S/C23H23FN4O2/c1-17(30-20-9-7-19(24)8-10-20)23(29)28-13-11-27(12-14-28)22-15-21(25-16-26-22)18-5-3-2-4-6-18/h2-10,15-17H,11-14H2,1H3. The van der Waals surface area contributed by atoms with Gasteiger partial charge in [-0.1, -0.05) is 30.3 Å². The van der Waals surface area contributed by atoms with Crippen molar-refractivity contribution in [3.63, 3.8) is 0 Å². The molecule has 1 aliphatic heterocycles. The van der Waals surface area contributed by atoms with E-state index in [1.165, 1.54) is 24.3 Å². The predicted molar refractivity (Wildman–Crippen MR) is 113 cm³/mol. The third-order valence-electron chi connectivity index (χ3n) is 5.11. The molecule has 1 saturated heterocycles. The van der Waals surface area contributed by atoms with Crippen molar-refractivity contribution in [1.29, 1.82) is 0 Å². The molecule has 2 aromatic carbocycles. The van der Waals surface area contributed by atoms with Crippen molar-refractivity contribution in [3.05, 3.63) is 72.8 Å². The maximum Gasteiger partial charge on any atom is 0.263 e. The molecule has 154 valence electrons. The Morgan fingerprint density at radius 2 is 1.70 bits per heavy atom. The van der Waals surface area contributed by atoms with Crippen LogP contribution in [-0.4, -0.2) is 53.1 Å². The zero-order valence-electron chi connectivity index (χ0n) is 16.7. The minimum absolute atomic E-state index is 0.0772. The SMILES string of the molecule is CC(Oc1ccc(F)cc1)C(=O)N1CCN(c2cc(-c3ccccc3)ncn2)CC1. The van der Waals surface area contributed by atoms with Crippen molar-refractivity contribution in [1.82, 2.24) is 14.9 Å². The number of ether oxygens (including phenoxy) is 1. The summed E-state index contributed by atoms with van der Waals surface area (Å²) in [5.41, 5.74) is 1.92. The van der Waals surface area contributed by atoms with Crippen LogP contribution in [0.15, 0.2) is 67.0 Å². The molecule has 0 bridgehead atoms. The number of piperazine rings is 1. The number of carbonyl (C=O) groups excluding carboxylic acids is 1. The van der Waals surface area contributed by atoms with Crippen LogP contribution < -0.4 is 9.64 Å². The molecule has 6 nitrogen and oxygen atoms in total. The minimum Gasteiger partial charge on any atom is -0.481 e. The molecule has 0 N–H and O–H groups in total. The van der Waals surface area contributed by atoms with Gasteiger partial charge in [0.2, 0.25) is 0 Å². The highest BCUT2D eigenvalue weighted by Crippen LogP contribution is 2.22. The van der Waals surface area contributed by atoms with Gasteiger partial charge < -0.3 is 14.5 Å². The molecule has 1 aliphatic rings. The fraction of sp³-hybridized carbons (Fsp3) is 0.261. The summed E-state index contributed by atoms with van der Waals surface area (Å²) < 4.78 is 18.7. The summed E-state index contributed by atoms with van der Waals surface area (Å²) >= 11 is 0. The summed E-state index contributed by atoms with van der Waals surface area (Å²) in [6, 6.07) is 17.6. The Balaban J connectivity index is 1.35. The van der Waals surface area contributed by atoms with Crippen molar-refractivity contribution < 1.29 is 13.9 Å². The second kappa shape index (κ2) is 8.90. The second-order valence-electron chi connectivity index (χ2n) is 7.15. The molecule has 4 rings (SSSR count). The Bertz CT molecular complexity index is 990. The summed E-state index contributed by atoms with van der Waals surface area (Å²) in [6.07, 6.45) is 0.944. The number of rotatable bonds is 5. The van der Waals surface area contributed by atoms with Crippen LogP contribution in [0.2, 0.25) is 0 Å². The Hall–Kier alpha value is -3.48. The molecule has 30 heavy (non-hydrogen) atoms. The van der Waals surface area contributed by atoms with Crippen molar-refractivity contribution >= 4 is 11.7 Å². The fourth-order valence-corrected chi connectivity index (χ4v) is 3.47. The van der Waals surface area contributed by atoms with Gasteiger partial charge in [-0.25, -0.2) is 14.4 Å². The molecule has 1 fully saturated rings. The van der Waals surface area contributed by atoms with Crippen LogP contribution >= 0.6 is 0 Å². The lowest BCUT2D eigenvalue weighted by Crippen LogP contribution is -2.52. The Labute approximate surface area is 174 Å². The van der Waals surface area contributed by atoms with E-state index < -0.39 is 6.10 Å². The number of nitrogens with zero attached hydrogens (tertiary/aromatic N) is 4. The first-order valence-corrected chi connectivity index (χ1v) is 9.93. The molecular weight excluding hydrogens is 383 g/mol. The molecule has 0 saturated carbocycles. The van der Waals surface area contributed by atoms with E-state index in [4.69, 9.17) is 4.74 Å². The Morgan fingerprint density at radius 3 is 2.40 bits per heavy atom. The number of aromatic nitrogens is 2. The molecule has 0 radical (unpaired) electrons. The smallest absolute Gasteiger partial charge is 0.263 e. The van der Waals surface area contributed by atoms with Gasteiger partial charge >= 0.3 is 0 Å². The van der Waals surface area contributed by atoms with E-state index >= 15 is 0 Å². The predicted octanol–water partition coefficient (Wildman–Crippen LogP) is 3.40. The highest BCUT2D eigenvalue weighted by atomic mass is 19.1. The number of hydrogen-bond donors (Lipinski definition) is 0. The van der Waals surface area contributed by atoms with Gasteiger partial charge in [0.25, 0.3) is 5.91 Å². The average molecular weight is 406 g/mol. The van der Waals surface area contributed by atoms with E-state index in [2.05, 4.69) is 14.9 Å². The molecule has 7 heteroatoms. The van der Waals surface area contributed by atoms with Gasteiger partial charge in [0, 0.05) is 37.8 Å². The van der Waals surface area contributed by atoms with E-state index in [0.29, 0.717) is 31.9 Å². The summed E-state index contributed by atoms with van der Waals surface area (Å²) in [6.45, 7) is 4.25. The van der Waals surface area contributed by atoms with Crippen molar-refractivity contribution in [2.24, 2.45) is 0 Å². The van der Waals surface area contributed by atoms with Crippen molar-refractivity contribution in [2.75, 3.05) is 31.1 Å².